The number of nitrogens with one attached hydrogen (secondary N) is 1. The first kappa shape index (κ1) is 15.7. The number of halogens is 4. The number of alkyl halides is 4. The van der Waals surface area contributed by atoms with Gasteiger partial charge in [0.25, 0.3) is 0 Å². The number of carbonyl (C=O) groups is 1. The molecule has 16 heavy (non-hydrogen) atoms. The number of amides is 1. The summed E-state index contributed by atoms with van der Waals surface area (Å²) in [5.41, 5.74) is -0.139. The molecular formula is C9H15BrF3NO2. The highest BCUT2D eigenvalue weighted by Gasteiger charge is 2.27. The maximum Gasteiger partial charge on any atom is 0.411 e. The van der Waals surface area contributed by atoms with Gasteiger partial charge in [-0.2, -0.15) is 13.2 Å². The molecule has 0 bridgehead atoms. The highest BCUT2D eigenvalue weighted by Crippen LogP contribution is 2.16. The molecule has 0 aliphatic carbocycles. The van der Waals surface area contributed by atoms with Crippen LogP contribution < -0.4 is 5.32 Å². The SMILES string of the molecule is CC(C)(CBr)CNC(=O)COCC(F)(F)F. The molecule has 0 saturated heterocycles. The molecule has 0 spiro atoms. The van der Waals surface area contributed by atoms with E-state index in [0.29, 0.717) is 11.9 Å². The first-order valence-corrected chi connectivity index (χ1v) is 5.75. The van der Waals surface area contributed by atoms with Gasteiger partial charge in [0.2, 0.25) is 5.91 Å². The van der Waals surface area contributed by atoms with Gasteiger partial charge in [-0.15, -0.1) is 0 Å². The van der Waals surface area contributed by atoms with Gasteiger partial charge in [-0.05, 0) is 5.41 Å². The van der Waals surface area contributed by atoms with E-state index in [4.69, 9.17) is 0 Å². The summed E-state index contributed by atoms with van der Waals surface area (Å²) in [5.74, 6) is -0.543. The van der Waals surface area contributed by atoms with Crippen LogP contribution in [0.3, 0.4) is 0 Å². The highest BCUT2D eigenvalue weighted by molar-refractivity contribution is 9.09. The zero-order valence-corrected chi connectivity index (χ0v) is 10.7. The monoisotopic (exact) mass is 305 g/mol. The third-order valence-corrected chi connectivity index (χ3v) is 3.14. The molecule has 0 rings (SSSR count). The van der Waals surface area contributed by atoms with Crippen LogP contribution in [0.4, 0.5) is 13.2 Å². The third-order valence-electron chi connectivity index (χ3n) is 1.62. The van der Waals surface area contributed by atoms with Gasteiger partial charge >= 0.3 is 6.18 Å². The summed E-state index contributed by atoms with van der Waals surface area (Å²) in [6.07, 6.45) is -4.39. The Labute approximate surface area is 101 Å². The zero-order valence-electron chi connectivity index (χ0n) is 9.16. The van der Waals surface area contributed by atoms with Crippen molar-refractivity contribution in [2.75, 3.05) is 25.1 Å². The summed E-state index contributed by atoms with van der Waals surface area (Å²) in [6.45, 7) is 2.24. The Morgan fingerprint density at radius 3 is 2.38 bits per heavy atom. The van der Waals surface area contributed by atoms with E-state index < -0.39 is 25.3 Å². The van der Waals surface area contributed by atoms with Crippen LogP contribution in [0.1, 0.15) is 13.8 Å². The largest absolute Gasteiger partial charge is 0.411 e. The Bertz CT molecular complexity index is 231. The molecular weight excluding hydrogens is 291 g/mol. The molecule has 0 saturated carbocycles. The van der Waals surface area contributed by atoms with E-state index in [1.54, 1.807) is 0 Å². The van der Waals surface area contributed by atoms with Gasteiger partial charge in [0.15, 0.2) is 0 Å². The van der Waals surface area contributed by atoms with E-state index in [9.17, 15) is 18.0 Å². The van der Waals surface area contributed by atoms with Crippen molar-refractivity contribution in [2.45, 2.75) is 20.0 Å². The number of ether oxygens (including phenoxy) is 1. The fourth-order valence-corrected chi connectivity index (χ4v) is 0.894. The van der Waals surface area contributed by atoms with Gasteiger partial charge in [0.05, 0.1) is 0 Å². The molecule has 0 unspecified atom stereocenters. The predicted octanol–water partition coefficient (Wildman–Crippen LogP) is 2.10. The maximum atomic E-state index is 11.7. The number of hydrogen-bond acceptors (Lipinski definition) is 2. The van der Waals surface area contributed by atoms with Gasteiger partial charge in [-0.3, -0.25) is 4.79 Å². The van der Waals surface area contributed by atoms with E-state index in [2.05, 4.69) is 26.0 Å². The quantitative estimate of drug-likeness (QED) is 0.763. The lowest BCUT2D eigenvalue weighted by Crippen LogP contribution is -2.37. The summed E-state index contributed by atoms with van der Waals surface area (Å²) < 4.78 is 39.2. The van der Waals surface area contributed by atoms with Gasteiger partial charge in [0, 0.05) is 11.9 Å². The normalized spacial score (nSPS) is 12.6. The molecule has 0 atom stereocenters. The van der Waals surface area contributed by atoms with Gasteiger partial charge < -0.3 is 10.1 Å². The Kier molecular flexibility index (Phi) is 6.32. The van der Waals surface area contributed by atoms with Crippen molar-refractivity contribution in [3.63, 3.8) is 0 Å². The predicted molar refractivity (Wildman–Crippen MR) is 57.5 cm³/mol. The first-order chi connectivity index (χ1) is 7.16. The minimum atomic E-state index is -4.39. The minimum absolute atomic E-state index is 0.139. The summed E-state index contributed by atoms with van der Waals surface area (Å²) in [4.78, 5) is 11.1. The molecule has 0 radical (unpaired) electrons. The lowest BCUT2D eigenvalue weighted by molar-refractivity contribution is -0.175. The van der Waals surface area contributed by atoms with Crippen LogP contribution in [-0.2, 0) is 9.53 Å². The molecule has 0 aromatic carbocycles. The van der Waals surface area contributed by atoms with E-state index in [1.165, 1.54) is 0 Å². The second-order valence-corrected chi connectivity index (χ2v) is 4.74. The van der Waals surface area contributed by atoms with Gasteiger partial charge in [-0.25, -0.2) is 0 Å². The Hall–Kier alpha value is -0.300. The van der Waals surface area contributed by atoms with Crippen LogP contribution in [0.25, 0.3) is 0 Å². The van der Waals surface area contributed by atoms with E-state index in [1.807, 2.05) is 13.8 Å². The van der Waals surface area contributed by atoms with Crippen molar-refractivity contribution < 1.29 is 22.7 Å². The second-order valence-electron chi connectivity index (χ2n) is 4.18. The van der Waals surface area contributed by atoms with Crippen LogP contribution in [0, 0.1) is 5.41 Å². The van der Waals surface area contributed by atoms with E-state index >= 15 is 0 Å². The van der Waals surface area contributed by atoms with Crippen LogP contribution in [0.15, 0.2) is 0 Å². The standard InChI is InChI=1S/C9H15BrF3NO2/c1-8(2,4-10)5-14-7(15)3-16-6-9(11,12)13/h3-6H2,1-2H3,(H,14,15). The topological polar surface area (TPSA) is 38.3 Å². The third kappa shape index (κ3) is 8.96. The summed E-state index contributed by atoms with van der Waals surface area (Å²) in [5, 5.41) is 3.18. The van der Waals surface area contributed by atoms with Crippen LogP contribution >= 0.6 is 15.9 Å². The number of rotatable bonds is 6. The van der Waals surface area contributed by atoms with Crippen LogP contribution in [0.2, 0.25) is 0 Å². The lowest BCUT2D eigenvalue weighted by Gasteiger charge is -2.21. The molecule has 0 aliphatic heterocycles. The zero-order chi connectivity index (χ0) is 12.8. The number of hydrogen-bond donors (Lipinski definition) is 1. The minimum Gasteiger partial charge on any atom is -0.362 e. The molecule has 1 amide bonds. The fraction of sp³-hybridized carbons (Fsp3) is 0.889. The Balaban J connectivity index is 3.68. The summed E-state index contributed by atoms with van der Waals surface area (Å²) in [6, 6.07) is 0. The molecule has 3 nitrogen and oxygen atoms in total. The molecule has 1 N–H and O–H groups in total. The molecule has 0 aromatic rings. The smallest absolute Gasteiger partial charge is 0.362 e. The van der Waals surface area contributed by atoms with Crippen LogP contribution in [0.5, 0.6) is 0 Å². The molecule has 0 fully saturated rings. The molecule has 0 aromatic heterocycles. The first-order valence-electron chi connectivity index (χ1n) is 4.63. The van der Waals surface area contributed by atoms with E-state index in [0.717, 1.165) is 0 Å². The van der Waals surface area contributed by atoms with E-state index in [-0.39, 0.29) is 5.41 Å². The molecule has 0 aliphatic rings. The molecule has 0 heterocycles. The average Bonchev–Trinajstić information content (AvgIpc) is 2.13. The molecule has 7 heteroatoms. The van der Waals surface area contributed by atoms with Crippen molar-refractivity contribution in [1.82, 2.24) is 5.32 Å². The molecule has 96 valence electrons. The second kappa shape index (κ2) is 6.44. The van der Waals surface area contributed by atoms with Crippen molar-refractivity contribution in [3.8, 4) is 0 Å². The highest BCUT2D eigenvalue weighted by atomic mass is 79.9. The number of carbonyl (C=O) groups excluding carboxylic acids is 1. The Morgan fingerprint density at radius 1 is 1.38 bits per heavy atom. The summed E-state index contributed by atoms with van der Waals surface area (Å²) >= 11 is 3.27. The summed E-state index contributed by atoms with van der Waals surface area (Å²) in [7, 11) is 0. The van der Waals surface area contributed by atoms with Crippen molar-refractivity contribution >= 4 is 21.8 Å². The Morgan fingerprint density at radius 2 is 1.94 bits per heavy atom. The van der Waals surface area contributed by atoms with Crippen molar-refractivity contribution in [2.24, 2.45) is 5.41 Å². The van der Waals surface area contributed by atoms with Crippen LogP contribution in [-0.4, -0.2) is 37.2 Å². The maximum absolute atomic E-state index is 11.7. The average molecular weight is 306 g/mol. The lowest BCUT2D eigenvalue weighted by atomic mass is 9.97. The fourth-order valence-electron chi connectivity index (χ4n) is 0.696. The van der Waals surface area contributed by atoms with Crippen molar-refractivity contribution in [3.05, 3.63) is 0 Å². The van der Waals surface area contributed by atoms with Gasteiger partial charge in [-0.1, -0.05) is 29.8 Å². The van der Waals surface area contributed by atoms with Crippen molar-refractivity contribution in [1.29, 1.82) is 0 Å². The van der Waals surface area contributed by atoms with Gasteiger partial charge in [0.1, 0.15) is 13.2 Å².